The number of hydrogen-bond acceptors (Lipinski definition) is 9. The standard InChI is InChI=1S/C24H26N6O3S/c1-14(2)30-20(21-25-15(3)28-33-21)27-22-19(23(30)32)26-24(34-22)29-13-7-10-17(29)18(31)12-11-16-8-5-4-6-9-16/h4-6,8-9,14,17H,7,10-13H2,1-3H3/t17-/m1/s1. The van der Waals surface area contributed by atoms with Gasteiger partial charge in [-0.25, -0.2) is 9.97 Å². The quantitative estimate of drug-likeness (QED) is 0.393. The summed E-state index contributed by atoms with van der Waals surface area (Å²) < 4.78 is 6.84. The number of anilines is 1. The van der Waals surface area contributed by atoms with Crippen LogP contribution < -0.4 is 10.5 Å². The minimum absolute atomic E-state index is 0.171. The Morgan fingerprint density at radius 2 is 2.00 bits per heavy atom. The Bertz CT molecular complexity index is 1390. The second-order valence-corrected chi connectivity index (χ2v) is 9.76. The first-order chi connectivity index (χ1) is 16.4. The summed E-state index contributed by atoms with van der Waals surface area (Å²) in [6, 6.07) is 9.64. The van der Waals surface area contributed by atoms with Crippen LogP contribution in [0.25, 0.3) is 22.1 Å². The van der Waals surface area contributed by atoms with Crippen molar-refractivity contribution in [1.82, 2.24) is 24.7 Å². The van der Waals surface area contributed by atoms with Crippen molar-refractivity contribution in [3.8, 4) is 11.7 Å². The molecule has 1 atom stereocenters. The van der Waals surface area contributed by atoms with E-state index in [9.17, 15) is 9.59 Å². The first-order valence-corrected chi connectivity index (χ1v) is 12.3. The number of Topliss-reactive ketones (excluding diaryl/α,β-unsaturated/α-hetero) is 1. The Morgan fingerprint density at radius 3 is 2.71 bits per heavy atom. The number of nitrogens with zero attached hydrogens (tertiary/aromatic N) is 6. The zero-order valence-electron chi connectivity index (χ0n) is 19.4. The molecule has 176 valence electrons. The summed E-state index contributed by atoms with van der Waals surface area (Å²) in [4.78, 5) is 42.6. The molecule has 0 N–H and O–H groups in total. The number of carbonyl (C=O) groups is 1. The second kappa shape index (κ2) is 9.09. The van der Waals surface area contributed by atoms with Crippen LogP contribution in [0.1, 0.15) is 50.5 Å². The van der Waals surface area contributed by atoms with Gasteiger partial charge in [0.2, 0.25) is 5.82 Å². The number of hydrogen-bond donors (Lipinski definition) is 0. The molecule has 9 nitrogen and oxygen atoms in total. The van der Waals surface area contributed by atoms with Gasteiger partial charge in [0.05, 0.1) is 6.04 Å². The van der Waals surface area contributed by atoms with Crippen molar-refractivity contribution >= 4 is 32.6 Å². The van der Waals surface area contributed by atoms with Gasteiger partial charge < -0.3 is 9.42 Å². The largest absolute Gasteiger partial charge is 0.338 e. The highest BCUT2D eigenvalue weighted by atomic mass is 32.1. The van der Waals surface area contributed by atoms with Crippen molar-refractivity contribution in [3.05, 3.63) is 52.1 Å². The van der Waals surface area contributed by atoms with Crippen molar-refractivity contribution in [1.29, 1.82) is 0 Å². The molecule has 3 aromatic heterocycles. The van der Waals surface area contributed by atoms with Crippen LogP contribution >= 0.6 is 11.3 Å². The van der Waals surface area contributed by atoms with E-state index >= 15 is 0 Å². The molecular weight excluding hydrogens is 452 g/mol. The van der Waals surface area contributed by atoms with E-state index in [0.29, 0.717) is 33.5 Å². The highest BCUT2D eigenvalue weighted by Crippen LogP contribution is 2.33. The van der Waals surface area contributed by atoms with E-state index in [2.05, 4.69) is 20.1 Å². The first kappa shape index (κ1) is 22.4. The molecular formula is C24H26N6O3S. The van der Waals surface area contributed by atoms with Crippen molar-refractivity contribution in [2.45, 2.75) is 58.5 Å². The molecule has 34 heavy (non-hydrogen) atoms. The molecule has 0 amide bonds. The lowest BCUT2D eigenvalue weighted by molar-refractivity contribution is -0.120. The van der Waals surface area contributed by atoms with Gasteiger partial charge in [0.1, 0.15) is 0 Å². The zero-order chi connectivity index (χ0) is 23.8. The number of thiazole rings is 1. The molecule has 0 spiro atoms. The molecule has 4 aromatic rings. The van der Waals surface area contributed by atoms with Crippen molar-refractivity contribution in [3.63, 3.8) is 0 Å². The molecule has 0 saturated carbocycles. The molecule has 0 radical (unpaired) electrons. The van der Waals surface area contributed by atoms with E-state index in [-0.39, 0.29) is 29.3 Å². The highest BCUT2D eigenvalue weighted by molar-refractivity contribution is 7.21. The lowest BCUT2D eigenvalue weighted by atomic mass is 10.0. The van der Waals surface area contributed by atoms with Crippen LogP contribution in [0.5, 0.6) is 0 Å². The van der Waals surface area contributed by atoms with Gasteiger partial charge in [-0.1, -0.05) is 46.8 Å². The lowest BCUT2D eigenvalue weighted by Gasteiger charge is -2.22. The summed E-state index contributed by atoms with van der Waals surface area (Å²) in [5.41, 5.74) is 1.21. The van der Waals surface area contributed by atoms with E-state index in [1.165, 1.54) is 15.9 Å². The van der Waals surface area contributed by atoms with Gasteiger partial charge in [-0.05, 0) is 45.6 Å². The smallest absolute Gasteiger partial charge is 0.294 e. The normalized spacial score (nSPS) is 16.1. The Labute approximate surface area is 200 Å². The number of ketones is 1. The summed E-state index contributed by atoms with van der Waals surface area (Å²) in [6.45, 7) is 6.25. The molecule has 1 aliphatic heterocycles. The number of aromatic nitrogens is 5. The molecule has 5 rings (SSSR count). The van der Waals surface area contributed by atoms with Gasteiger partial charge in [-0.2, -0.15) is 4.98 Å². The van der Waals surface area contributed by atoms with Gasteiger partial charge in [0, 0.05) is 19.0 Å². The van der Waals surface area contributed by atoms with E-state index < -0.39 is 0 Å². The first-order valence-electron chi connectivity index (χ1n) is 11.5. The Morgan fingerprint density at radius 1 is 1.21 bits per heavy atom. The lowest BCUT2D eigenvalue weighted by Crippen LogP contribution is -2.36. The van der Waals surface area contributed by atoms with Crippen molar-refractivity contribution in [2.24, 2.45) is 0 Å². The fraction of sp³-hybridized carbons (Fsp3) is 0.417. The Kier molecular flexibility index (Phi) is 5.99. The van der Waals surface area contributed by atoms with Crippen LogP contribution in [0.2, 0.25) is 0 Å². The van der Waals surface area contributed by atoms with Gasteiger partial charge in [0.25, 0.3) is 11.4 Å². The predicted molar refractivity (Wildman–Crippen MR) is 130 cm³/mol. The summed E-state index contributed by atoms with van der Waals surface area (Å²) >= 11 is 1.33. The third-order valence-electron chi connectivity index (χ3n) is 6.06. The van der Waals surface area contributed by atoms with Gasteiger partial charge in [0.15, 0.2) is 27.1 Å². The average Bonchev–Trinajstić information content (AvgIpc) is 3.56. The van der Waals surface area contributed by atoms with E-state index in [4.69, 9.17) is 4.52 Å². The highest BCUT2D eigenvalue weighted by Gasteiger charge is 2.33. The monoisotopic (exact) mass is 478 g/mol. The van der Waals surface area contributed by atoms with Gasteiger partial charge in [-0.15, -0.1) is 0 Å². The summed E-state index contributed by atoms with van der Waals surface area (Å²) in [7, 11) is 0. The maximum absolute atomic E-state index is 13.4. The van der Waals surface area contributed by atoms with E-state index in [1.807, 2.05) is 49.1 Å². The predicted octanol–water partition coefficient (Wildman–Crippen LogP) is 3.96. The van der Waals surface area contributed by atoms with Crippen LogP contribution in [0.15, 0.2) is 39.6 Å². The number of rotatable bonds is 7. The molecule has 1 saturated heterocycles. The fourth-order valence-corrected chi connectivity index (χ4v) is 5.43. The van der Waals surface area contributed by atoms with E-state index in [1.54, 1.807) is 6.92 Å². The van der Waals surface area contributed by atoms with E-state index in [0.717, 1.165) is 31.4 Å². The molecule has 1 aliphatic rings. The van der Waals surface area contributed by atoms with Crippen LogP contribution in [0.4, 0.5) is 5.13 Å². The molecule has 0 bridgehead atoms. The number of carbonyl (C=O) groups excluding carboxylic acids is 1. The Hall–Kier alpha value is -3.40. The van der Waals surface area contributed by atoms with Crippen LogP contribution in [-0.4, -0.2) is 43.0 Å². The maximum atomic E-state index is 13.4. The van der Waals surface area contributed by atoms with Crippen molar-refractivity contribution < 1.29 is 9.32 Å². The number of benzene rings is 1. The molecule has 4 heterocycles. The summed E-state index contributed by atoms with van der Waals surface area (Å²) in [5, 5.41) is 4.50. The molecule has 1 aromatic carbocycles. The third kappa shape index (κ3) is 4.13. The van der Waals surface area contributed by atoms with Gasteiger partial charge in [-0.3, -0.25) is 14.2 Å². The van der Waals surface area contributed by atoms with Gasteiger partial charge >= 0.3 is 0 Å². The summed E-state index contributed by atoms with van der Waals surface area (Å²) in [5.74, 6) is 1.21. The molecule has 1 fully saturated rings. The van der Waals surface area contributed by atoms with Crippen LogP contribution in [0.3, 0.4) is 0 Å². The summed E-state index contributed by atoms with van der Waals surface area (Å²) in [6.07, 6.45) is 2.90. The Balaban J connectivity index is 1.47. The zero-order valence-corrected chi connectivity index (χ0v) is 20.2. The topological polar surface area (TPSA) is 107 Å². The average molecular weight is 479 g/mol. The van der Waals surface area contributed by atoms with Crippen LogP contribution in [-0.2, 0) is 11.2 Å². The third-order valence-corrected chi connectivity index (χ3v) is 7.05. The molecule has 0 aliphatic carbocycles. The van der Waals surface area contributed by atoms with Crippen molar-refractivity contribution in [2.75, 3.05) is 11.4 Å². The maximum Gasteiger partial charge on any atom is 0.294 e. The number of aryl methyl sites for hydroxylation is 2. The molecule has 10 heteroatoms. The van der Waals surface area contributed by atoms with Crippen LogP contribution in [0, 0.1) is 6.92 Å². The SMILES string of the molecule is Cc1noc(-c2nc3sc(N4CCC[C@@H]4C(=O)CCc4ccccc4)nc3c(=O)n2C(C)C)n1. The minimum atomic E-state index is -0.250. The second-order valence-electron chi connectivity index (χ2n) is 8.80. The fourth-order valence-electron chi connectivity index (χ4n) is 4.43. The number of fused-ring (bicyclic) bond motifs is 1. The minimum Gasteiger partial charge on any atom is -0.338 e. The molecule has 0 unspecified atom stereocenters.